The van der Waals surface area contributed by atoms with E-state index >= 15 is 0 Å². The first-order valence-corrected chi connectivity index (χ1v) is 8.12. The van der Waals surface area contributed by atoms with E-state index < -0.39 is 0 Å². The van der Waals surface area contributed by atoms with Crippen LogP contribution in [0, 0.1) is 13.8 Å². The fourth-order valence-electron chi connectivity index (χ4n) is 2.54. The second-order valence-corrected chi connectivity index (χ2v) is 5.83. The number of carbonyl (C=O) groups excluding carboxylic acids is 1. The average Bonchev–Trinajstić information content (AvgIpc) is 2.64. The zero-order chi connectivity index (χ0) is 17.6. The number of benzene rings is 2. The van der Waals surface area contributed by atoms with Crippen LogP contribution in [0.15, 0.2) is 60.8 Å². The molecule has 1 heterocycles. The normalized spacial score (nSPS) is 10.3. The highest BCUT2D eigenvalue weighted by Gasteiger charge is 2.12. The Labute approximate surface area is 147 Å². The molecule has 0 unspecified atom stereocenters. The Hall–Kier alpha value is -3.21. The molecule has 0 aliphatic heterocycles. The number of carbonyl (C=O) groups is 1. The van der Waals surface area contributed by atoms with Gasteiger partial charge in [-0.2, -0.15) is 0 Å². The summed E-state index contributed by atoms with van der Waals surface area (Å²) in [5, 5.41) is 6.08. The molecule has 0 bridgehead atoms. The molecule has 2 aromatic carbocycles. The highest BCUT2D eigenvalue weighted by atomic mass is 16.1. The molecule has 3 rings (SSSR count). The minimum atomic E-state index is -0.248. The number of nitrogens with zero attached hydrogens (tertiary/aromatic N) is 2. The smallest absolute Gasteiger partial charge is 0.274 e. The van der Waals surface area contributed by atoms with Crippen molar-refractivity contribution in [1.29, 1.82) is 0 Å². The molecule has 5 heteroatoms. The van der Waals surface area contributed by atoms with Gasteiger partial charge >= 0.3 is 0 Å². The standard InChI is InChI=1S/C20H20N4O/c1-14-7-6-8-15(2)18(14)24-19(25)17-11-12-21-20(23-17)22-13-16-9-4-3-5-10-16/h3-12H,13H2,1-2H3,(H,24,25)(H,21,22,23). The number of hydrogen-bond acceptors (Lipinski definition) is 4. The van der Waals surface area contributed by atoms with Crippen molar-refractivity contribution in [2.45, 2.75) is 20.4 Å². The van der Waals surface area contributed by atoms with E-state index in [0.29, 0.717) is 18.2 Å². The van der Waals surface area contributed by atoms with Gasteiger partial charge in [0.15, 0.2) is 0 Å². The lowest BCUT2D eigenvalue weighted by Crippen LogP contribution is -2.16. The summed E-state index contributed by atoms with van der Waals surface area (Å²) in [4.78, 5) is 21.0. The van der Waals surface area contributed by atoms with Crippen LogP contribution in [-0.4, -0.2) is 15.9 Å². The SMILES string of the molecule is Cc1cccc(C)c1NC(=O)c1ccnc(NCc2ccccc2)n1. The minimum Gasteiger partial charge on any atom is -0.350 e. The summed E-state index contributed by atoms with van der Waals surface area (Å²) in [6, 6.07) is 17.5. The molecule has 3 aromatic rings. The maximum Gasteiger partial charge on any atom is 0.274 e. The molecule has 0 fully saturated rings. The topological polar surface area (TPSA) is 66.9 Å². The third-order valence-electron chi connectivity index (χ3n) is 3.90. The lowest BCUT2D eigenvalue weighted by atomic mass is 10.1. The van der Waals surface area contributed by atoms with Gasteiger partial charge in [-0.3, -0.25) is 4.79 Å². The van der Waals surface area contributed by atoms with Crippen LogP contribution in [0.3, 0.4) is 0 Å². The largest absolute Gasteiger partial charge is 0.350 e. The van der Waals surface area contributed by atoms with Gasteiger partial charge in [-0.15, -0.1) is 0 Å². The van der Waals surface area contributed by atoms with Crippen molar-refractivity contribution in [1.82, 2.24) is 9.97 Å². The Kier molecular flexibility index (Phi) is 5.04. The summed E-state index contributed by atoms with van der Waals surface area (Å²) in [6.45, 7) is 4.54. The highest BCUT2D eigenvalue weighted by Crippen LogP contribution is 2.20. The van der Waals surface area contributed by atoms with Crippen molar-refractivity contribution < 1.29 is 4.79 Å². The third kappa shape index (κ3) is 4.20. The molecule has 5 nitrogen and oxygen atoms in total. The number of anilines is 2. The molecule has 1 amide bonds. The van der Waals surface area contributed by atoms with Gasteiger partial charge in [-0.25, -0.2) is 9.97 Å². The van der Waals surface area contributed by atoms with Crippen LogP contribution < -0.4 is 10.6 Å². The first-order valence-electron chi connectivity index (χ1n) is 8.12. The van der Waals surface area contributed by atoms with Gasteiger partial charge < -0.3 is 10.6 Å². The zero-order valence-electron chi connectivity index (χ0n) is 14.3. The summed E-state index contributed by atoms with van der Waals surface area (Å²) >= 11 is 0. The maximum atomic E-state index is 12.5. The van der Waals surface area contributed by atoms with Crippen molar-refractivity contribution in [3.05, 3.63) is 83.2 Å². The molecule has 0 atom stereocenters. The Morgan fingerprint density at radius 2 is 1.68 bits per heavy atom. The average molecular weight is 332 g/mol. The van der Waals surface area contributed by atoms with E-state index in [9.17, 15) is 4.79 Å². The molecule has 0 aliphatic carbocycles. The van der Waals surface area contributed by atoms with Gasteiger partial charge in [0.25, 0.3) is 5.91 Å². The summed E-state index contributed by atoms with van der Waals surface area (Å²) in [5.74, 6) is 0.181. The minimum absolute atomic E-state index is 0.248. The van der Waals surface area contributed by atoms with E-state index in [4.69, 9.17) is 0 Å². The van der Waals surface area contributed by atoms with E-state index in [2.05, 4.69) is 20.6 Å². The number of amides is 1. The van der Waals surface area contributed by atoms with Gasteiger partial charge in [0.05, 0.1) is 0 Å². The molecule has 1 aromatic heterocycles. The Bertz CT molecular complexity index is 858. The molecular weight excluding hydrogens is 312 g/mol. The van der Waals surface area contributed by atoms with E-state index in [1.807, 2.05) is 62.4 Å². The summed E-state index contributed by atoms with van der Waals surface area (Å²) in [6.07, 6.45) is 1.58. The molecule has 0 radical (unpaired) electrons. The van der Waals surface area contributed by atoms with Gasteiger partial charge in [0.1, 0.15) is 5.69 Å². The molecular formula is C20H20N4O. The van der Waals surface area contributed by atoms with E-state index in [1.165, 1.54) is 0 Å². The maximum absolute atomic E-state index is 12.5. The lowest BCUT2D eigenvalue weighted by Gasteiger charge is -2.11. The van der Waals surface area contributed by atoms with E-state index in [-0.39, 0.29) is 5.91 Å². The van der Waals surface area contributed by atoms with Gasteiger partial charge in [0, 0.05) is 18.4 Å². The number of aromatic nitrogens is 2. The molecule has 0 spiro atoms. The monoisotopic (exact) mass is 332 g/mol. The predicted molar refractivity (Wildman–Crippen MR) is 99.7 cm³/mol. The van der Waals surface area contributed by atoms with Gasteiger partial charge in [0.2, 0.25) is 5.95 Å². The molecule has 0 saturated carbocycles. The lowest BCUT2D eigenvalue weighted by molar-refractivity contribution is 0.102. The molecule has 0 aliphatic rings. The van der Waals surface area contributed by atoms with Crippen LogP contribution in [0.25, 0.3) is 0 Å². The van der Waals surface area contributed by atoms with Crippen molar-refractivity contribution in [2.75, 3.05) is 10.6 Å². The quantitative estimate of drug-likeness (QED) is 0.742. The molecule has 25 heavy (non-hydrogen) atoms. The molecule has 0 saturated heterocycles. The second kappa shape index (κ2) is 7.57. The number of rotatable bonds is 5. The van der Waals surface area contributed by atoms with Crippen molar-refractivity contribution in [3.8, 4) is 0 Å². The van der Waals surface area contributed by atoms with Crippen LogP contribution >= 0.6 is 0 Å². The third-order valence-corrected chi connectivity index (χ3v) is 3.90. The van der Waals surface area contributed by atoms with E-state index in [1.54, 1.807) is 12.3 Å². The number of hydrogen-bond donors (Lipinski definition) is 2. The first-order chi connectivity index (χ1) is 12.1. The number of para-hydroxylation sites is 1. The first kappa shape index (κ1) is 16.6. The summed E-state index contributed by atoms with van der Waals surface area (Å²) in [7, 11) is 0. The van der Waals surface area contributed by atoms with Crippen molar-refractivity contribution >= 4 is 17.5 Å². The highest BCUT2D eigenvalue weighted by molar-refractivity contribution is 6.03. The Balaban J connectivity index is 1.71. The van der Waals surface area contributed by atoms with Crippen molar-refractivity contribution in [2.24, 2.45) is 0 Å². The Morgan fingerprint density at radius 3 is 2.40 bits per heavy atom. The number of aryl methyl sites for hydroxylation is 2. The van der Waals surface area contributed by atoms with Crippen molar-refractivity contribution in [3.63, 3.8) is 0 Å². The Morgan fingerprint density at radius 1 is 0.960 bits per heavy atom. The summed E-state index contributed by atoms with van der Waals surface area (Å²) < 4.78 is 0. The fraction of sp³-hybridized carbons (Fsp3) is 0.150. The predicted octanol–water partition coefficient (Wildman–Crippen LogP) is 3.96. The number of nitrogens with one attached hydrogen (secondary N) is 2. The molecule has 126 valence electrons. The van der Waals surface area contributed by atoms with Crippen LogP contribution in [0.4, 0.5) is 11.6 Å². The van der Waals surface area contributed by atoms with Crippen LogP contribution in [0.2, 0.25) is 0 Å². The van der Waals surface area contributed by atoms with Crippen LogP contribution in [0.1, 0.15) is 27.2 Å². The summed E-state index contributed by atoms with van der Waals surface area (Å²) in [5.41, 5.74) is 4.31. The molecule has 2 N–H and O–H groups in total. The van der Waals surface area contributed by atoms with Gasteiger partial charge in [-0.05, 0) is 36.6 Å². The van der Waals surface area contributed by atoms with Gasteiger partial charge in [-0.1, -0.05) is 48.5 Å². The zero-order valence-corrected chi connectivity index (χ0v) is 14.3. The second-order valence-electron chi connectivity index (χ2n) is 5.83. The van der Waals surface area contributed by atoms with E-state index in [0.717, 1.165) is 22.4 Å². The van der Waals surface area contributed by atoms with Crippen LogP contribution in [-0.2, 0) is 6.54 Å². The fourth-order valence-corrected chi connectivity index (χ4v) is 2.54. The van der Waals surface area contributed by atoms with Crippen LogP contribution in [0.5, 0.6) is 0 Å².